The summed E-state index contributed by atoms with van der Waals surface area (Å²) in [6, 6.07) is 19.4. The molecule has 0 unspecified atom stereocenters. The average molecular weight is 393 g/mol. The summed E-state index contributed by atoms with van der Waals surface area (Å²) >= 11 is -3.78. The molecule has 0 N–H and O–H groups in total. The molecule has 0 aliphatic heterocycles. The van der Waals surface area contributed by atoms with Crippen LogP contribution in [0.15, 0.2) is 60.7 Å². The second-order valence-corrected chi connectivity index (χ2v) is 22.3. The zero-order chi connectivity index (χ0) is 12.3. The minimum absolute atomic E-state index is 0.925. The van der Waals surface area contributed by atoms with Crippen LogP contribution >= 0.6 is 26.8 Å². The molecule has 0 heterocycles. The predicted molar refractivity (Wildman–Crippen MR) is 78.3 cm³/mol. The second-order valence-electron chi connectivity index (χ2n) is 3.47. The molecule has 0 fully saturated rings. The van der Waals surface area contributed by atoms with E-state index in [4.69, 9.17) is 26.8 Å². The number of nitrogens with zero attached hydrogens (tertiary/aromatic N) is 1. The summed E-state index contributed by atoms with van der Waals surface area (Å²) in [5, 5.41) is 0. The van der Waals surface area contributed by atoms with Gasteiger partial charge in [0.15, 0.2) is 0 Å². The Morgan fingerprint density at radius 3 is 1.29 bits per heavy atom. The van der Waals surface area contributed by atoms with Gasteiger partial charge in [-0.1, -0.05) is 0 Å². The summed E-state index contributed by atoms with van der Waals surface area (Å²) < 4.78 is 1.86. The van der Waals surface area contributed by atoms with Gasteiger partial charge in [0.1, 0.15) is 0 Å². The quantitative estimate of drug-likeness (QED) is 0.666. The Bertz CT molecular complexity index is 431. The maximum absolute atomic E-state index is 6.24. The number of halogens is 3. The summed E-state index contributed by atoms with van der Waals surface area (Å²) in [4.78, 5) is 0. The Kier molecular flexibility index (Phi) is 4.47. The summed E-state index contributed by atoms with van der Waals surface area (Å²) in [7, 11) is 18.7. The fraction of sp³-hybridized carbons (Fsp3) is 0. The first-order valence-electron chi connectivity index (χ1n) is 5.06. The van der Waals surface area contributed by atoms with Crippen molar-refractivity contribution in [3.63, 3.8) is 0 Å². The van der Waals surface area contributed by atoms with Crippen LogP contribution in [0.4, 0.5) is 11.4 Å². The first-order chi connectivity index (χ1) is 8.09. The molecule has 0 aliphatic rings. The van der Waals surface area contributed by atoms with E-state index < -0.39 is 15.3 Å². The van der Waals surface area contributed by atoms with Gasteiger partial charge in [0.25, 0.3) is 0 Å². The molecular formula is C12H10Cl3NSn. The molecule has 1 nitrogen and oxygen atoms in total. The summed E-state index contributed by atoms with van der Waals surface area (Å²) in [6.07, 6.45) is 0. The standard InChI is InChI=1S/C12H10N.3ClH.Sn/c1-3-7-11(8-4-1)13-12-9-5-2-6-10-12;;;;/h1-10H;3*1H;/q-1;;;;+4/p-3. The molecule has 2 aromatic carbocycles. The Morgan fingerprint density at radius 1 is 0.647 bits per heavy atom. The topological polar surface area (TPSA) is 3.24 Å². The van der Waals surface area contributed by atoms with Gasteiger partial charge < -0.3 is 0 Å². The molecule has 17 heavy (non-hydrogen) atoms. The van der Waals surface area contributed by atoms with Crippen LogP contribution in [0.25, 0.3) is 0 Å². The van der Waals surface area contributed by atoms with E-state index in [2.05, 4.69) is 0 Å². The zero-order valence-electron chi connectivity index (χ0n) is 8.85. The predicted octanol–water partition coefficient (Wildman–Crippen LogP) is 4.98. The number of hydrogen-bond donors (Lipinski definition) is 0. The Labute approximate surface area is 116 Å². The molecule has 0 aromatic heterocycles. The van der Waals surface area contributed by atoms with Gasteiger partial charge in [-0.3, -0.25) is 0 Å². The van der Waals surface area contributed by atoms with Gasteiger partial charge in [-0.15, -0.1) is 0 Å². The van der Waals surface area contributed by atoms with Gasteiger partial charge in [0.2, 0.25) is 0 Å². The molecule has 0 saturated carbocycles. The molecule has 2 rings (SSSR count). The van der Waals surface area contributed by atoms with E-state index in [1.54, 1.807) is 0 Å². The number of para-hydroxylation sites is 2. The Hall–Kier alpha value is -0.0913. The molecule has 2 aromatic rings. The Balaban J connectivity index is 2.48. The van der Waals surface area contributed by atoms with Crippen LogP contribution < -0.4 is 3.12 Å². The normalized spacial score (nSPS) is 11.2. The summed E-state index contributed by atoms with van der Waals surface area (Å²) in [6.45, 7) is 0. The van der Waals surface area contributed by atoms with Crippen LogP contribution in [-0.4, -0.2) is 15.3 Å². The van der Waals surface area contributed by atoms with Crippen molar-refractivity contribution < 1.29 is 0 Å². The third kappa shape index (κ3) is 3.44. The second kappa shape index (κ2) is 5.70. The number of rotatable bonds is 3. The van der Waals surface area contributed by atoms with Crippen LogP contribution in [-0.2, 0) is 0 Å². The SMILES string of the molecule is [Cl][Sn]([Cl])([Cl])[N](c1ccccc1)c1ccccc1. The van der Waals surface area contributed by atoms with Crippen LogP contribution in [0.2, 0.25) is 0 Å². The number of anilines is 2. The van der Waals surface area contributed by atoms with Crippen LogP contribution in [0.3, 0.4) is 0 Å². The van der Waals surface area contributed by atoms with E-state index in [0.29, 0.717) is 0 Å². The summed E-state index contributed by atoms with van der Waals surface area (Å²) in [5.41, 5.74) is 1.85. The average Bonchev–Trinajstić information content (AvgIpc) is 2.30. The van der Waals surface area contributed by atoms with Gasteiger partial charge in [-0.2, -0.15) is 0 Å². The first kappa shape index (κ1) is 13.3. The number of hydrogen-bond acceptors (Lipinski definition) is 1. The van der Waals surface area contributed by atoms with Crippen molar-refractivity contribution in [2.24, 2.45) is 0 Å². The van der Waals surface area contributed by atoms with E-state index in [-0.39, 0.29) is 0 Å². The third-order valence-electron chi connectivity index (χ3n) is 2.28. The molecule has 0 bridgehead atoms. The minimum atomic E-state index is -3.78. The molecule has 0 aliphatic carbocycles. The van der Waals surface area contributed by atoms with Crippen LogP contribution in [0.5, 0.6) is 0 Å². The van der Waals surface area contributed by atoms with E-state index >= 15 is 0 Å². The first-order valence-corrected chi connectivity index (χ1v) is 17.2. The monoisotopic (exact) mass is 393 g/mol. The molecule has 5 heteroatoms. The van der Waals surface area contributed by atoms with E-state index in [1.165, 1.54) is 0 Å². The van der Waals surface area contributed by atoms with Gasteiger partial charge in [-0.25, -0.2) is 0 Å². The van der Waals surface area contributed by atoms with Crippen molar-refractivity contribution in [2.75, 3.05) is 3.12 Å². The molecule has 0 amide bonds. The van der Waals surface area contributed by atoms with Crippen molar-refractivity contribution in [3.05, 3.63) is 60.7 Å². The van der Waals surface area contributed by atoms with E-state index in [1.807, 2.05) is 63.8 Å². The van der Waals surface area contributed by atoms with E-state index in [0.717, 1.165) is 11.4 Å². The van der Waals surface area contributed by atoms with Gasteiger partial charge >= 0.3 is 117 Å². The molecule has 0 radical (unpaired) electrons. The van der Waals surface area contributed by atoms with Crippen molar-refractivity contribution in [2.45, 2.75) is 0 Å². The van der Waals surface area contributed by atoms with Crippen LogP contribution in [0, 0.1) is 0 Å². The van der Waals surface area contributed by atoms with Crippen molar-refractivity contribution in [3.8, 4) is 0 Å². The molecule has 88 valence electrons. The number of benzene rings is 2. The van der Waals surface area contributed by atoms with Crippen molar-refractivity contribution >= 4 is 53.4 Å². The van der Waals surface area contributed by atoms with Crippen molar-refractivity contribution in [1.82, 2.24) is 0 Å². The third-order valence-corrected chi connectivity index (χ3v) is 8.61. The van der Waals surface area contributed by atoms with Crippen molar-refractivity contribution in [1.29, 1.82) is 0 Å². The fourth-order valence-electron chi connectivity index (χ4n) is 1.60. The van der Waals surface area contributed by atoms with E-state index in [9.17, 15) is 0 Å². The molecule has 0 spiro atoms. The van der Waals surface area contributed by atoms with Gasteiger partial charge in [-0.05, 0) is 0 Å². The molecular weight excluding hydrogens is 383 g/mol. The van der Waals surface area contributed by atoms with Gasteiger partial charge in [0.05, 0.1) is 0 Å². The molecule has 0 atom stereocenters. The fourth-order valence-corrected chi connectivity index (χ4v) is 8.05. The molecule has 0 saturated heterocycles. The summed E-state index contributed by atoms with van der Waals surface area (Å²) in [5.74, 6) is 0. The maximum atomic E-state index is 6.24. The van der Waals surface area contributed by atoms with Crippen LogP contribution in [0.1, 0.15) is 0 Å². The Morgan fingerprint density at radius 2 is 1.00 bits per heavy atom. The zero-order valence-corrected chi connectivity index (χ0v) is 14.0. The van der Waals surface area contributed by atoms with Gasteiger partial charge in [0, 0.05) is 0 Å².